The number of primary sulfonamides is 1. The Bertz CT molecular complexity index is 1430. The molecule has 0 amide bonds. The van der Waals surface area contributed by atoms with E-state index in [4.69, 9.17) is 5.14 Å². The maximum absolute atomic E-state index is 11.9. The van der Waals surface area contributed by atoms with Crippen molar-refractivity contribution in [2.75, 3.05) is 23.9 Å². The van der Waals surface area contributed by atoms with Crippen LogP contribution in [0.1, 0.15) is 11.3 Å². The van der Waals surface area contributed by atoms with Gasteiger partial charge < -0.3 is 9.80 Å². The number of aromatic nitrogens is 4. The van der Waals surface area contributed by atoms with Crippen molar-refractivity contribution in [3.8, 4) is 0 Å². The van der Waals surface area contributed by atoms with Crippen LogP contribution in [0.2, 0.25) is 0 Å². The molecule has 166 valence electrons. The third-order valence-electron chi connectivity index (χ3n) is 5.64. The number of nitrogens with two attached hydrogens (primary N) is 1. The van der Waals surface area contributed by atoms with Crippen molar-refractivity contribution in [3.05, 3.63) is 59.9 Å². The Kier molecular flexibility index (Phi) is 5.35. The molecule has 32 heavy (non-hydrogen) atoms. The van der Waals surface area contributed by atoms with Gasteiger partial charge in [-0.3, -0.25) is 4.68 Å². The lowest BCUT2D eigenvalue weighted by molar-refractivity contribution is 0.597. The van der Waals surface area contributed by atoms with Gasteiger partial charge in [-0.1, -0.05) is 6.07 Å². The highest BCUT2D eigenvalue weighted by Crippen LogP contribution is 2.30. The molecule has 2 aromatic heterocycles. The van der Waals surface area contributed by atoms with Gasteiger partial charge in [0.1, 0.15) is 5.82 Å². The molecule has 0 saturated carbocycles. The average Bonchev–Trinajstić information content (AvgIpc) is 3.05. The third-order valence-corrected chi connectivity index (χ3v) is 6.69. The maximum atomic E-state index is 11.9. The summed E-state index contributed by atoms with van der Waals surface area (Å²) in [6, 6.07) is 12.9. The largest absolute Gasteiger partial charge is 0.329 e. The summed E-state index contributed by atoms with van der Waals surface area (Å²) in [6.45, 7) is 3.74. The summed E-state index contributed by atoms with van der Waals surface area (Å²) in [5, 5.41) is 10.9. The van der Waals surface area contributed by atoms with Crippen molar-refractivity contribution in [1.29, 1.82) is 0 Å². The minimum atomic E-state index is -3.83. The minimum absolute atomic E-state index is 0.0789. The summed E-state index contributed by atoms with van der Waals surface area (Å²) < 4.78 is 25.7. The number of nitrogens with zero attached hydrogens (tertiary/aromatic N) is 6. The monoisotopic (exact) mass is 451 g/mol. The molecule has 0 aliphatic rings. The van der Waals surface area contributed by atoms with Crippen LogP contribution >= 0.6 is 0 Å². The van der Waals surface area contributed by atoms with E-state index in [-0.39, 0.29) is 4.90 Å². The average molecular weight is 452 g/mol. The van der Waals surface area contributed by atoms with Gasteiger partial charge in [-0.05, 0) is 55.8 Å². The molecule has 0 unspecified atom stereocenters. The molecule has 2 aromatic carbocycles. The van der Waals surface area contributed by atoms with Gasteiger partial charge in [-0.15, -0.1) is 0 Å². The van der Waals surface area contributed by atoms with Crippen LogP contribution in [0.4, 0.5) is 23.1 Å². The van der Waals surface area contributed by atoms with Crippen LogP contribution in [0, 0.1) is 13.8 Å². The smallest absolute Gasteiger partial charge is 0.238 e. The van der Waals surface area contributed by atoms with E-state index in [0.717, 1.165) is 22.3 Å². The quantitative estimate of drug-likeness (QED) is 0.496. The molecule has 0 fully saturated rings. The van der Waals surface area contributed by atoms with Gasteiger partial charge in [-0.2, -0.15) is 10.1 Å². The van der Waals surface area contributed by atoms with Crippen LogP contribution in [0.5, 0.6) is 0 Å². The molecule has 0 spiro atoms. The summed E-state index contributed by atoms with van der Waals surface area (Å²) in [5.74, 6) is 1.12. The molecule has 2 heterocycles. The van der Waals surface area contributed by atoms with Gasteiger partial charge >= 0.3 is 0 Å². The number of benzene rings is 2. The Hall–Kier alpha value is -3.50. The molecule has 4 aromatic rings. The zero-order chi connectivity index (χ0) is 23.2. The second-order valence-electron chi connectivity index (χ2n) is 7.74. The van der Waals surface area contributed by atoms with E-state index < -0.39 is 10.0 Å². The van der Waals surface area contributed by atoms with Crippen molar-refractivity contribution in [2.24, 2.45) is 12.2 Å². The molecule has 0 atom stereocenters. The normalized spacial score (nSPS) is 11.7. The van der Waals surface area contributed by atoms with Crippen molar-refractivity contribution < 1.29 is 8.42 Å². The van der Waals surface area contributed by atoms with E-state index in [1.54, 1.807) is 31.1 Å². The first kappa shape index (κ1) is 21.7. The van der Waals surface area contributed by atoms with Gasteiger partial charge in [0, 0.05) is 49.8 Å². The molecular formula is C22H25N7O2S. The summed E-state index contributed by atoms with van der Waals surface area (Å²) in [6.07, 6.45) is 1.67. The molecule has 0 saturated heterocycles. The van der Waals surface area contributed by atoms with Crippen LogP contribution in [0.3, 0.4) is 0 Å². The van der Waals surface area contributed by atoms with E-state index in [9.17, 15) is 8.42 Å². The molecule has 0 radical (unpaired) electrons. The fourth-order valence-electron chi connectivity index (χ4n) is 3.56. The van der Waals surface area contributed by atoms with Crippen LogP contribution in [-0.4, -0.2) is 42.3 Å². The Balaban J connectivity index is 1.69. The molecule has 0 bridgehead atoms. The van der Waals surface area contributed by atoms with E-state index in [2.05, 4.69) is 21.1 Å². The third kappa shape index (κ3) is 3.90. The second kappa shape index (κ2) is 7.88. The van der Waals surface area contributed by atoms with E-state index in [1.165, 1.54) is 6.07 Å². The predicted octanol–water partition coefficient (Wildman–Crippen LogP) is 3.16. The van der Waals surface area contributed by atoms with Gasteiger partial charge in [0.05, 0.1) is 10.4 Å². The number of aryl methyl sites for hydroxylation is 3. The van der Waals surface area contributed by atoms with Crippen LogP contribution in [0.15, 0.2) is 53.6 Å². The van der Waals surface area contributed by atoms with E-state index in [1.807, 2.05) is 54.9 Å². The first-order valence-corrected chi connectivity index (χ1v) is 11.5. The van der Waals surface area contributed by atoms with Gasteiger partial charge in [0.15, 0.2) is 0 Å². The highest BCUT2D eigenvalue weighted by atomic mass is 32.2. The molecule has 0 aliphatic heterocycles. The second-order valence-corrected chi connectivity index (χ2v) is 9.27. The van der Waals surface area contributed by atoms with Crippen LogP contribution in [0.25, 0.3) is 10.9 Å². The molecule has 10 heteroatoms. The molecule has 2 N–H and O–H groups in total. The first-order valence-electron chi connectivity index (χ1n) is 9.93. The van der Waals surface area contributed by atoms with Crippen LogP contribution in [-0.2, 0) is 17.1 Å². The fourth-order valence-corrected chi connectivity index (χ4v) is 4.36. The van der Waals surface area contributed by atoms with Gasteiger partial charge in [-0.25, -0.2) is 18.5 Å². The number of rotatable bonds is 5. The number of hydrogen-bond donors (Lipinski definition) is 1. The standard InChI is InChI=1S/C22H25N7O2S/c1-14-6-7-17(13-20(14)32(23,30)31)28(4)22-24-11-10-21(25-22)27(3)16-8-9-19-18(12-16)15(2)29(5)26-19/h6-13H,1-5H3,(H2,23,30,31). The Labute approximate surface area is 187 Å². The SMILES string of the molecule is Cc1ccc(N(C)c2nccc(N(C)c3ccc4nn(C)c(C)c4c3)n2)cc1S(N)(=O)=O. The van der Waals surface area contributed by atoms with Gasteiger partial charge in [0.2, 0.25) is 16.0 Å². The predicted molar refractivity (Wildman–Crippen MR) is 126 cm³/mol. The number of anilines is 4. The lowest BCUT2D eigenvalue weighted by atomic mass is 10.2. The zero-order valence-corrected chi connectivity index (χ0v) is 19.4. The lowest BCUT2D eigenvalue weighted by Gasteiger charge is -2.22. The molecular weight excluding hydrogens is 426 g/mol. The minimum Gasteiger partial charge on any atom is -0.329 e. The highest BCUT2D eigenvalue weighted by Gasteiger charge is 2.17. The van der Waals surface area contributed by atoms with Crippen molar-refractivity contribution in [2.45, 2.75) is 18.7 Å². The first-order chi connectivity index (χ1) is 15.1. The van der Waals surface area contributed by atoms with Crippen LogP contribution < -0.4 is 14.9 Å². The maximum Gasteiger partial charge on any atom is 0.238 e. The van der Waals surface area contributed by atoms with Crippen molar-refractivity contribution in [1.82, 2.24) is 19.7 Å². The van der Waals surface area contributed by atoms with E-state index >= 15 is 0 Å². The molecule has 4 rings (SSSR count). The zero-order valence-electron chi connectivity index (χ0n) is 18.6. The summed E-state index contributed by atoms with van der Waals surface area (Å²) >= 11 is 0. The summed E-state index contributed by atoms with van der Waals surface area (Å²) in [7, 11) is 1.81. The topological polar surface area (TPSA) is 110 Å². The number of fused-ring (bicyclic) bond motifs is 1. The van der Waals surface area contributed by atoms with E-state index in [0.29, 0.717) is 23.0 Å². The number of sulfonamides is 1. The fraction of sp³-hybridized carbons (Fsp3) is 0.227. The van der Waals surface area contributed by atoms with Crippen molar-refractivity contribution in [3.63, 3.8) is 0 Å². The van der Waals surface area contributed by atoms with Gasteiger partial charge in [0.25, 0.3) is 0 Å². The lowest BCUT2D eigenvalue weighted by Crippen LogP contribution is -2.18. The molecule has 0 aliphatic carbocycles. The Morgan fingerprint density at radius 2 is 1.66 bits per heavy atom. The Morgan fingerprint density at radius 1 is 0.969 bits per heavy atom. The Morgan fingerprint density at radius 3 is 2.38 bits per heavy atom. The molecule has 9 nitrogen and oxygen atoms in total. The summed E-state index contributed by atoms with van der Waals surface area (Å²) in [4.78, 5) is 12.8. The van der Waals surface area contributed by atoms with Crippen molar-refractivity contribution >= 4 is 44.1 Å². The highest BCUT2D eigenvalue weighted by molar-refractivity contribution is 7.89. The number of hydrogen-bond acceptors (Lipinski definition) is 7. The summed E-state index contributed by atoms with van der Waals surface area (Å²) in [5.41, 5.74) is 4.19.